The van der Waals surface area contributed by atoms with Crippen molar-refractivity contribution in [1.29, 1.82) is 0 Å². The summed E-state index contributed by atoms with van der Waals surface area (Å²) in [5.41, 5.74) is 2.66. The van der Waals surface area contributed by atoms with Crippen LogP contribution in [0.4, 0.5) is 15.8 Å². The van der Waals surface area contributed by atoms with Crippen LogP contribution in [0.2, 0.25) is 5.02 Å². The number of rotatable bonds is 5. The standard InChI is InChI=1S/C32H34ClFN6O4S/c1-7-45(43,44)39-16-20-15-37(6)30-29(38(20)14-19(39)5)21-13-22(33)27(25-23(34)9-8-10-24(25)41)36-31(21)40(32(30)42)28-18(4)11-12-35-26(28)17(2)3/h7-13,17,19-20,41H,1,14-16H2,2-6H3/t19-,20+/m1/s1. The Labute approximate surface area is 266 Å². The molecular weight excluding hydrogens is 619 g/mol. The molecule has 0 amide bonds. The first-order valence-corrected chi connectivity index (χ1v) is 16.5. The molecule has 2 aliphatic heterocycles. The zero-order chi connectivity index (χ0) is 32.5. The van der Waals surface area contributed by atoms with Gasteiger partial charge < -0.3 is 14.9 Å². The van der Waals surface area contributed by atoms with Gasteiger partial charge in [0.1, 0.15) is 17.3 Å². The summed E-state index contributed by atoms with van der Waals surface area (Å²) in [6.07, 6.45) is 1.70. The minimum atomic E-state index is -3.69. The van der Waals surface area contributed by atoms with Gasteiger partial charge in [0.2, 0.25) is 10.0 Å². The average molecular weight is 653 g/mol. The second kappa shape index (κ2) is 11.1. The van der Waals surface area contributed by atoms with Gasteiger partial charge in [0.05, 0.1) is 39.4 Å². The highest BCUT2D eigenvalue weighted by Crippen LogP contribution is 2.44. The Kier molecular flexibility index (Phi) is 7.65. The highest BCUT2D eigenvalue weighted by Gasteiger charge is 2.43. The smallest absolute Gasteiger partial charge is 0.282 e. The van der Waals surface area contributed by atoms with Gasteiger partial charge in [-0.15, -0.1) is 0 Å². The van der Waals surface area contributed by atoms with Crippen LogP contribution in [0, 0.1) is 12.7 Å². The van der Waals surface area contributed by atoms with E-state index in [0.29, 0.717) is 41.2 Å². The van der Waals surface area contributed by atoms with Gasteiger partial charge in [0, 0.05) is 49.7 Å². The van der Waals surface area contributed by atoms with Crippen molar-refractivity contribution < 1.29 is 17.9 Å². The molecule has 1 saturated heterocycles. The highest BCUT2D eigenvalue weighted by molar-refractivity contribution is 7.92. The minimum absolute atomic E-state index is 0.0171. The number of aromatic nitrogens is 3. The van der Waals surface area contributed by atoms with E-state index in [2.05, 4.69) is 16.5 Å². The number of benzene rings is 1. The SMILES string of the molecule is C=CS(=O)(=O)N1C[C@@H]2CN(C)c3c(c4cc(Cl)c(-c5c(O)cccc5F)nc4n(-c4c(C)ccnc4C(C)C)c3=O)N2C[C@H]1C. The molecule has 0 aliphatic carbocycles. The number of hydrogen-bond donors (Lipinski definition) is 1. The zero-order valence-electron chi connectivity index (χ0n) is 25.6. The lowest BCUT2D eigenvalue weighted by Gasteiger charge is -2.50. The summed E-state index contributed by atoms with van der Waals surface area (Å²) < 4.78 is 43.9. The largest absolute Gasteiger partial charge is 0.507 e. The van der Waals surface area contributed by atoms with Crippen LogP contribution in [0.15, 0.2) is 53.3 Å². The van der Waals surface area contributed by atoms with Crippen LogP contribution >= 0.6 is 11.6 Å². The van der Waals surface area contributed by atoms with Crippen LogP contribution in [0.3, 0.4) is 0 Å². The van der Waals surface area contributed by atoms with Gasteiger partial charge in [-0.1, -0.05) is 38.1 Å². The molecule has 10 nitrogen and oxygen atoms in total. The van der Waals surface area contributed by atoms with Crippen LogP contribution in [0.5, 0.6) is 5.75 Å². The van der Waals surface area contributed by atoms with E-state index in [1.807, 2.05) is 38.7 Å². The average Bonchev–Trinajstić information content (AvgIpc) is 2.97. The van der Waals surface area contributed by atoms with Crippen molar-refractivity contribution >= 4 is 44.0 Å². The van der Waals surface area contributed by atoms with Crippen molar-refractivity contribution in [2.45, 2.75) is 45.7 Å². The van der Waals surface area contributed by atoms with Crippen molar-refractivity contribution in [3.63, 3.8) is 0 Å². The summed E-state index contributed by atoms with van der Waals surface area (Å²) in [6, 6.07) is 6.67. The van der Waals surface area contributed by atoms with Crippen molar-refractivity contribution in [3.8, 4) is 22.7 Å². The number of fused-ring (bicyclic) bond motifs is 5. The number of pyridine rings is 3. The Morgan fingerprint density at radius 1 is 1.16 bits per heavy atom. The number of sulfonamides is 1. The maximum atomic E-state index is 15.2. The van der Waals surface area contributed by atoms with E-state index in [1.165, 1.54) is 27.1 Å². The quantitative estimate of drug-likeness (QED) is 0.314. The van der Waals surface area contributed by atoms with Crippen molar-refractivity contribution in [2.75, 3.05) is 36.5 Å². The molecule has 1 N–H and O–H groups in total. The Morgan fingerprint density at radius 3 is 2.56 bits per heavy atom. The predicted octanol–water partition coefficient (Wildman–Crippen LogP) is 5.18. The molecule has 0 radical (unpaired) electrons. The monoisotopic (exact) mass is 652 g/mol. The van der Waals surface area contributed by atoms with E-state index in [4.69, 9.17) is 16.6 Å². The van der Waals surface area contributed by atoms with Crippen LogP contribution in [0.25, 0.3) is 28.0 Å². The molecular formula is C32H34ClFN6O4S. The molecule has 3 aromatic heterocycles. The summed E-state index contributed by atoms with van der Waals surface area (Å²) >= 11 is 6.85. The fourth-order valence-electron chi connectivity index (χ4n) is 6.60. The molecule has 236 valence electrons. The first kappa shape index (κ1) is 31.0. The third-order valence-corrected chi connectivity index (χ3v) is 10.6. The fourth-order valence-corrected chi connectivity index (χ4v) is 7.99. The summed E-state index contributed by atoms with van der Waals surface area (Å²) in [5.74, 6) is -1.11. The minimum Gasteiger partial charge on any atom is -0.507 e. The number of piperazine rings is 1. The maximum absolute atomic E-state index is 15.2. The van der Waals surface area contributed by atoms with Gasteiger partial charge >= 0.3 is 0 Å². The molecule has 2 atom stereocenters. The maximum Gasteiger partial charge on any atom is 0.282 e. The molecule has 0 bridgehead atoms. The molecule has 1 aromatic carbocycles. The number of phenols is 1. The summed E-state index contributed by atoms with van der Waals surface area (Å²) in [5, 5.41) is 12.2. The lowest BCUT2D eigenvalue weighted by Crippen LogP contribution is -2.63. The molecule has 13 heteroatoms. The Bertz CT molecular complexity index is 2030. The fraction of sp³-hybridized carbons (Fsp3) is 0.344. The Morgan fingerprint density at radius 2 is 1.89 bits per heavy atom. The van der Waals surface area contributed by atoms with Crippen LogP contribution in [0.1, 0.15) is 37.9 Å². The van der Waals surface area contributed by atoms with Crippen molar-refractivity contribution in [3.05, 3.63) is 81.0 Å². The van der Waals surface area contributed by atoms with Gasteiger partial charge in [-0.25, -0.2) is 17.8 Å². The van der Waals surface area contributed by atoms with E-state index in [0.717, 1.165) is 11.0 Å². The molecule has 4 aromatic rings. The van der Waals surface area contributed by atoms with E-state index in [1.54, 1.807) is 19.3 Å². The van der Waals surface area contributed by atoms with E-state index >= 15 is 4.39 Å². The lowest BCUT2D eigenvalue weighted by molar-refractivity contribution is 0.267. The molecule has 5 heterocycles. The Balaban J connectivity index is 1.73. The van der Waals surface area contributed by atoms with Crippen LogP contribution in [-0.4, -0.2) is 71.1 Å². The topological polar surface area (TPSA) is 112 Å². The van der Waals surface area contributed by atoms with Gasteiger partial charge in [-0.05, 0) is 49.6 Å². The molecule has 6 rings (SSSR count). The number of phenolic OH excluding ortho intramolecular Hbond substituents is 1. The van der Waals surface area contributed by atoms with Gasteiger partial charge in [-0.2, -0.15) is 4.31 Å². The second-order valence-corrected chi connectivity index (χ2v) is 14.2. The summed E-state index contributed by atoms with van der Waals surface area (Å²) in [7, 11) is -1.89. The van der Waals surface area contributed by atoms with Crippen LogP contribution in [-0.2, 0) is 10.0 Å². The number of likely N-dealkylation sites (N-methyl/N-ethyl adjacent to an activating group) is 1. The summed E-state index contributed by atoms with van der Waals surface area (Å²) in [6.45, 7) is 12.0. The van der Waals surface area contributed by atoms with Gasteiger partial charge in [-0.3, -0.25) is 14.3 Å². The normalized spacial score (nSPS) is 18.8. The first-order valence-electron chi connectivity index (χ1n) is 14.6. The number of halogens is 2. The predicted molar refractivity (Wildman–Crippen MR) is 176 cm³/mol. The molecule has 0 spiro atoms. The Hall–Kier alpha value is -4.00. The number of nitrogens with zero attached hydrogens (tertiary/aromatic N) is 6. The third-order valence-electron chi connectivity index (χ3n) is 8.68. The number of aryl methyl sites for hydroxylation is 1. The van der Waals surface area contributed by atoms with E-state index in [-0.39, 0.29) is 51.7 Å². The van der Waals surface area contributed by atoms with E-state index < -0.39 is 21.9 Å². The number of anilines is 2. The van der Waals surface area contributed by atoms with Gasteiger partial charge in [0.15, 0.2) is 5.65 Å². The molecule has 0 saturated carbocycles. The zero-order valence-corrected chi connectivity index (χ0v) is 27.2. The van der Waals surface area contributed by atoms with Gasteiger partial charge in [0.25, 0.3) is 5.56 Å². The molecule has 2 aliphatic rings. The van der Waals surface area contributed by atoms with E-state index in [9.17, 15) is 18.3 Å². The van der Waals surface area contributed by atoms with Crippen molar-refractivity contribution in [2.24, 2.45) is 0 Å². The van der Waals surface area contributed by atoms with Crippen molar-refractivity contribution in [1.82, 2.24) is 18.8 Å². The highest BCUT2D eigenvalue weighted by atomic mass is 35.5. The van der Waals surface area contributed by atoms with Crippen LogP contribution < -0.4 is 15.4 Å². The number of aromatic hydroxyl groups is 1. The summed E-state index contributed by atoms with van der Waals surface area (Å²) in [4.78, 5) is 28.2. The third kappa shape index (κ3) is 4.86. The molecule has 0 unspecified atom stereocenters. The molecule has 1 fully saturated rings. The number of hydrogen-bond acceptors (Lipinski definition) is 8. The first-order chi connectivity index (χ1) is 21.3. The second-order valence-electron chi connectivity index (χ2n) is 12.0. The molecule has 45 heavy (non-hydrogen) atoms. The lowest BCUT2D eigenvalue weighted by atomic mass is 9.99.